The number of nitro groups is 2. The van der Waals surface area contributed by atoms with Crippen molar-refractivity contribution in [1.29, 1.82) is 0 Å². The number of rotatable bonds is 7. The van der Waals surface area contributed by atoms with Crippen LogP contribution in [0, 0.1) is 31.9 Å². The zero-order valence-electron chi connectivity index (χ0n) is 15.2. The first-order valence-corrected chi connectivity index (χ1v) is 8.28. The summed E-state index contributed by atoms with van der Waals surface area (Å²) in [6, 6.07) is 7.38. The molecule has 0 bridgehead atoms. The Labute approximate surface area is 171 Å². The molecule has 31 heavy (non-hydrogen) atoms. The van der Waals surface area contributed by atoms with Crippen LogP contribution in [0.4, 0.5) is 37.5 Å². The van der Waals surface area contributed by atoms with Crippen LogP contribution in [-0.4, -0.2) is 25.7 Å². The monoisotopic (exact) mass is 431 g/mol. The summed E-state index contributed by atoms with van der Waals surface area (Å²) in [7, 11) is 0. The minimum atomic E-state index is -1.17. The van der Waals surface area contributed by atoms with Crippen LogP contribution in [0.3, 0.4) is 0 Å². The zero-order chi connectivity index (χ0) is 22.5. The molecule has 0 spiro atoms. The van der Waals surface area contributed by atoms with Crippen molar-refractivity contribution in [3.8, 4) is 0 Å². The molecule has 0 aliphatic rings. The summed E-state index contributed by atoms with van der Waals surface area (Å²) in [5, 5.41) is 24.6. The molecule has 3 rings (SSSR count). The van der Waals surface area contributed by atoms with Gasteiger partial charge in [-0.3, -0.25) is 35.9 Å². The van der Waals surface area contributed by atoms with Gasteiger partial charge in [0.25, 0.3) is 11.6 Å². The molecule has 0 saturated carbocycles. The van der Waals surface area contributed by atoms with E-state index in [1.807, 2.05) is 0 Å². The number of halogens is 2. The highest BCUT2D eigenvalue weighted by Crippen LogP contribution is 2.31. The van der Waals surface area contributed by atoms with Gasteiger partial charge in [-0.1, -0.05) is 0 Å². The van der Waals surface area contributed by atoms with Crippen LogP contribution in [0.25, 0.3) is 0 Å². The van der Waals surface area contributed by atoms with Crippen molar-refractivity contribution in [2.45, 2.75) is 0 Å². The van der Waals surface area contributed by atoms with E-state index in [1.165, 1.54) is 12.1 Å². The number of hydrogen-bond donors (Lipinski definition) is 3. The van der Waals surface area contributed by atoms with Crippen molar-refractivity contribution in [3.63, 3.8) is 0 Å². The normalized spacial score (nSPS) is 10.3. The van der Waals surface area contributed by atoms with E-state index in [4.69, 9.17) is 0 Å². The lowest BCUT2D eigenvalue weighted by Gasteiger charge is -2.11. The summed E-state index contributed by atoms with van der Waals surface area (Å²) in [6.07, 6.45) is 0.940. The van der Waals surface area contributed by atoms with Crippen molar-refractivity contribution >= 4 is 34.6 Å². The molecular formula is C17H11F2N7O5. The van der Waals surface area contributed by atoms with Crippen molar-refractivity contribution in [2.24, 2.45) is 0 Å². The molecular weight excluding hydrogens is 420 g/mol. The summed E-state index contributed by atoms with van der Waals surface area (Å²) in [6.45, 7) is 0. The lowest BCUT2D eigenvalue weighted by Crippen LogP contribution is -2.30. The van der Waals surface area contributed by atoms with E-state index in [1.54, 1.807) is 0 Å². The minimum Gasteiger partial charge on any atom is -0.334 e. The van der Waals surface area contributed by atoms with Crippen molar-refractivity contribution in [1.82, 2.24) is 15.4 Å². The van der Waals surface area contributed by atoms with Crippen molar-refractivity contribution in [2.75, 3.05) is 10.7 Å². The Morgan fingerprint density at radius 3 is 2.19 bits per heavy atom. The Balaban J connectivity index is 1.80. The SMILES string of the molecule is O=C(NNc1ncnc(Nc2ccc(F)c(F)c2)c1[N+](=O)[O-])c1ccc([N+](=O)[O-])cc1. The maximum atomic E-state index is 13.4. The summed E-state index contributed by atoms with van der Waals surface area (Å²) in [5.74, 6) is -3.77. The van der Waals surface area contributed by atoms with Crippen LogP contribution < -0.4 is 16.2 Å². The second-order valence-corrected chi connectivity index (χ2v) is 5.81. The molecule has 158 valence electrons. The highest BCUT2D eigenvalue weighted by molar-refractivity contribution is 5.95. The molecule has 12 nitrogen and oxygen atoms in total. The van der Waals surface area contributed by atoms with Gasteiger partial charge in [0.2, 0.25) is 11.6 Å². The Bertz CT molecular complexity index is 1170. The first-order chi connectivity index (χ1) is 14.8. The number of carbonyl (C=O) groups is 1. The number of carbonyl (C=O) groups excluding carboxylic acids is 1. The van der Waals surface area contributed by atoms with Gasteiger partial charge in [0.05, 0.1) is 9.85 Å². The molecule has 0 atom stereocenters. The minimum absolute atomic E-state index is 0.0124. The van der Waals surface area contributed by atoms with Crippen LogP contribution >= 0.6 is 0 Å². The van der Waals surface area contributed by atoms with Gasteiger partial charge in [-0.25, -0.2) is 18.7 Å². The molecule has 1 amide bonds. The number of hydrogen-bond acceptors (Lipinski definition) is 9. The van der Waals surface area contributed by atoms with Crippen LogP contribution in [0.5, 0.6) is 0 Å². The third-order valence-electron chi connectivity index (χ3n) is 3.82. The summed E-state index contributed by atoms with van der Waals surface area (Å²) in [5.41, 5.74) is 3.57. The van der Waals surface area contributed by atoms with Crippen LogP contribution in [-0.2, 0) is 0 Å². The predicted octanol–water partition coefficient (Wildman–Crippen LogP) is 3.07. The van der Waals surface area contributed by atoms with Gasteiger partial charge >= 0.3 is 5.69 Å². The highest BCUT2D eigenvalue weighted by Gasteiger charge is 2.24. The molecule has 0 unspecified atom stereocenters. The fourth-order valence-corrected chi connectivity index (χ4v) is 2.37. The number of amides is 1. The predicted molar refractivity (Wildman–Crippen MR) is 103 cm³/mol. The molecule has 0 aliphatic carbocycles. The largest absolute Gasteiger partial charge is 0.355 e. The smallest absolute Gasteiger partial charge is 0.334 e. The topological polar surface area (TPSA) is 165 Å². The zero-order valence-corrected chi connectivity index (χ0v) is 15.2. The fourth-order valence-electron chi connectivity index (χ4n) is 2.37. The quantitative estimate of drug-likeness (QED) is 0.376. The van der Waals surface area contributed by atoms with Gasteiger partial charge in [0, 0.05) is 29.4 Å². The van der Waals surface area contributed by atoms with Gasteiger partial charge in [0.1, 0.15) is 6.33 Å². The molecule has 14 heteroatoms. The Kier molecular flexibility index (Phi) is 5.90. The van der Waals surface area contributed by atoms with Gasteiger partial charge in [-0.05, 0) is 24.3 Å². The Morgan fingerprint density at radius 1 is 0.903 bits per heavy atom. The average molecular weight is 431 g/mol. The Hall–Kier alpha value is -4.75. The van der Waals surface area contributed by atoms with Crippen LogP contribution in [0.15, 0.2) is 48.8 Å². The standard InChI is InChI=1S/C17H11F2N7O5/c18-12-6-3-10(7-13(12)19)22-15-14(26(30)31)16(21-8-20-15)23-24-17(27)9-1-4-11(5-2-9)25(28)29/h1-8H,(H,24,27)(H2,20,21,22,23). The maximum Gasteiger partial charge on any atom is 0.355 e. The number of hydrazine groups is 1. The van der Waals surface area contributed by atoms with Gasteiger partial charge in [-0.15, -0.1) is 0 Å². The highest BCUT2D eigenvalue weighted by atomic mass is 19.2. The van der Waals surface area contributed by atoms with Crippen molar-refractivity contribution in [3.05, 3.63) is 86.2 Å². The second-order valence-electron chi connectivity index (χ2n) is 5.81. The van der Waals surface area contributed by atoms with Gasteiger partial charge in [0.15, 0.2) is 11.6 Å². The van der Waals surface area contributed by atoms with E-state index in [9.17, 15) is 33.8 Å². The van der Waals surface area contributed by atoms with E-state index in [2.05, 4.69) is 26.1 Å². The maximum absolute atomic E-state index is 13.4. The molecule has 0 saturated heterocycles. The molecule has 0 aliphatic heterocycles. The van der Waals surface area contributed by atoms with Gasteiger partial charge in [-0.2, -0.15) is 0 Å². The van der Waals surface area contributed by atoms with E-state index in [0.29, 0.717) is 0 Å². The molecule has 1 aromatic heterocycles. The van der Waals surface area contributed by atoms with E-state index in [-0.39, 0.29) is 22.8 Å². The second kappa shape index (κ2) is 8.73. The number of anilines is 3. The van der Waals surface area contributed by atoms with Crippen LogP contribution in [0.1, 0.15) is 10.4 Å². The third kappa shape index (κ3) is 4.81. The lowest BCUT2D eigenvalue weighted by molar-refractivity contribution is -0.384. The van der Waals surface area contributed by atoms with E-state index >= 15 is 0 Å². The summed E-state index contributed by atoms with van der Waals surface area (Å²) in [4.78, 5) is 40.3. The number of non-ortho nitro benzene ring substituents is 1. The third-order valence-corrected chi connectivity index (χ3v) is 3.82. The number of nitro benzene ring substituents is 1. The summed E-state index contributed by atoms with van der Waals surface area (Å²) < 4.78 is 26.4. The fraction of sp³-hybridized carbons (Fsp3) is 0. The number of nitrogens with one attached hydrogen (secondary N) is 3. The molecule has 2 aromatic carbocycles. The lowest BCUT2D eigenvalue weighted by atomic mass is 10.2. The molecule has 0 fully saturated rings. The number of nitrogens with zero attached hydrogens (tertiary/aromatic N) is 4. The van der Waals surface area contributed by atoms with Crippen molar-refractivity contribution < 1.29 is 23.4 Å². The first-order valence-electron chi connectivity index (χ1n) is 8.28. The van der Waals surface area contributed by atoms with E-state index in [0.717, 1.165) is 36.7 Å². The number of benzene rings is 2. The molecule has 1 heterocycles. The molecule has 3 N–H and O–H groups in total. The van der Waals surface area contributed by atoms with E-state index < -0.39 is 38.9 Å². The first kappa shape index (κ1) is 21.0. The molecule has 3 aromatic rings. The summed E-state index contributed by atoms with van der Waals surface area (Å²) >= 11 is 0. The van der Waals surface area contributed by atoms with Gasteiger partial charge < -0.3 is 5.32 Å². The average Bonchev–Trinajstić information content (AvgIpc) is 2.74. The molecule has 0 radical (unpaired) electrons. The number of aromatic nitrogens is 2. The Morgan fingerprint density at radius 2 is 1.58 bits per heavy atom. The van der Waals surface area contributed by atoms with Crippen LogP contribution in [0.2, 0.25) is 0 Å².